The van der Waals surface area contributed by atoms with Crippen LogP contribution in [0.5, 0.6) is 5.75 Å². The number of phenolic OH excluding ortho intramolecular Hbond substituents is 1. The second-order valence-corrected chi connectivity index (χ2v) is 19.6. The van der Waals surface area contributed by atoms with Crippen molar-refractivity contribution in [2.24, 2.45) is 17.8 Å². The molecule has 0 saturated carbocycles. The van der Waals surface area contributed by atoms with Crippen LogP contribution in [0.2, 0.25) is 5.04 Å². The maximum atomic E-state index is 14.4. The topological polar surface area (TPSA) is 76.1 Å². The number of carbonyl (C=O) groups is 2. The first-order valence-electron chi connectivity index (χ1n) is 18.1. The molecule has 1 aliphatic carbocycles. The lowest BCUT2D eigenvalue weighted by molar-refractivity contribution is -0.138. The van der Waals surface area contributed by atoms with Gasteiger partial charge in [0.2, 0.25) is 11.8 Å². The van der Waals surface area contributed by atoms with E-state index in [9.17, 15) is 19.1 Å². The molecule has 4 atom stereocenters. The van der Waals surface area contributed by atoms with Crippen molar-refractivity contribution in [2.75, 3.05) is 20.3 Å². The molecule has 1 N–H and O–H groups in total. The van der Waals surface area contributed by atoms with Gasteiger partial charge in [-0.3, -0.25) is 14.5 Å². The summed E-state index contributed by atoms with van der Waals surface area (Å²) < 4.78 is 28.4. The lowest BCUT2D eigenvalue weighted by atomic mass is 9.69. The lowest BCUT2D eigenvalue weighted by Gasteiger charge is -2.44. The Hall–Kier alpha value is -4.63. The Morgan fingerprint density at radius 2 is 1.52 bits per heavy atom. The monoisotopic (exact) mass is 715 g/mol. The molecule has 7 rings (SSSR count). The third-order valence-electron chi connectivity index (χ3n) is 11.2. The Balaban J connectivity index is 1.27. The van der Waals surface area contributed by atoms with Crippen molar-refractivity contribution in [3.63, 3.8) is 0 Å². The molecule has 2 fully saturated rings. The number of carbonyl (C=O) groups excluding carboxylic acids is 2. The van der Waals surface area contributed by atoms with Gasteiger partial charge in [0.05, 0.1) is 31.2 Å². The fraction of sp³-hybridized carbons (Fsp3) is 0.318. The van der Waals surface area contributed by atoms with Crippen molar-refractivity contribution in [1.82, 2.24) is 4.90 Å². The van der Waals surface area contributed by atoms with Crippen molar-refractivity contribution in [3.05, 3.63) is 137 Å². The first-order chi connectivity index (χ1) is 25.0. The number of benzene rings is 4. The number of likely N-dealkylation sites (tertiary alicyclic amines) is 1. The molecule has 8 heteroatoms. The molecular weight excluding hydrogens is 670 g/mol. The van der Waals surface area contributed by atoms with Gasteiger partial charge in [0.15, 0.2) is 11.6 Å². The van der Waals surface area contributed by atoms with Gasteiger partial charge in [-0.25, -0.2) is 4.39 Å². The molecule has 0 spiro atoms. The number of hydrogen-bond acceptors (Lipinski definition) is 5. The highest BCUT2D eigenvalue weighted by molar-refractivity contribution is 6.99. The van der Waals surface area contributed by atoms with E-state index in [1.165, 1.54) is 27.4 Å². The minimum Gasteiger partial charge on any atom is -0.505 e. The summed E-state index contributed by atoms with van der Waals surface area (Å²) in [7, 11) is -1.31. The van der Waals surface area contributed by atoms with Crippen LogP contribution < -0.4 is 10.4 Å². The first-order valence-corrected chi connectivity index (χ1v) is 20.0. The molecule has 2 amide bonds. The molecule has 0 radical (unpaired) electrons. The molecule has 2 aliphatic heterocycles. The zero-order valence-electron chi connectivity index (χ0n) is 30.2. The number of phenols is 1. The number of ether oxygens (including phenoxy) is 1. The van der Waals surface area contributed by atoms with Crippen LogP contribution in [0.1, 0.15) is 51.2 Å². The first kappa shape index (κ1) is 35.8. The van der Waals surface area contributed by atoms with Crippen LogP contribution in [0.3, 0.4) is 0 Å². The molecular formula is C44H46FNO5Si. The van der Waals surface area contributed by atoms with Crippen molar-refractivity contribution in [2.45, 2.75) is 51.2 Å². The minimum absolute atomic E-state index is 0.129. The molecule has 4 aromatic carbocycles. The maximum Gasteiger partial charge on any atom is 0.261 e. The van der Waals surface area contributed by atoms with Crippen LogP contribution in [0.4, 0.5) is 4.39 Å². The molecule has 268 valence electrons. The number of halogens is 1. The predicted molar refractivity (Wildman–Crippen MR) is 205 cm³/mol. The van der Waals surface area contributed by atoms with Crippen LogP contribution in [0.25, 0.3) is 11.6 Å². The van der Waals surface area contributed by atoms with Gasteiger partial charge in [0, 0.05) is 13.0 Å². The quantitative estimate of drug-likeness (QED) is 0.0804. The van der Waals surface area contributed by atoms with Gasteiger partial charge < -0.3 is 14.3 Å². The van der Waals surface area contributed by atoms with E-state index >= 15 is 0 Å². The largest absolute Gasteiger partial charge is 0.505 e. The number of amides is 2. The standard InChI is InChI=1S/C44H46FNO5Si/c1-44(2,3)52(33-16-10-6-11-17-33,34-18-12-7-13-19-34)51-27-32-26-35-41(43(49)46(4)42(35)48)36-28-50-39(40(32)36)23-21-31(30-14-8-5-9-15-30)24-29-20-22-38(47)37(45)25-29/h5-20,22,24-25,35-36,39,41,47H,21,23,26-28H2,1-4H3/b31-24-/t35-,36+,39-,41-/m1/s1. The Bertz CT molecular complexity index is 1970. The second-order valence-electron chi connectivity index (χ2n) is 15.3. The lowest BCUT2D eigenvalue weighted by Crippen LogP contribution is -2.66. The summed E-state index contributed by atoms with van der Waals surface area (Å²) in [6.45, 7) is 7.46. The van der Waals surface area contributed by atoms with Gasteiger partial charge >= 0.3 is 0 Å². The third kappa shape index (κ3) is 6.48. The normalized spacial score (nSPS) is 22.2. The Kier molecular flexibility index (Phi) is 9.91. The van der Waals surface area contributed by atoms with Gasteiger partial charge in [-0.1, -0.05) is 124 Å². The highest BCUT2D eigenvalue weighted by atomic mass is 28.4. The van der Waals surface area contributed by atoms with Crippen LogP contribution in [0, 0.1) is 23.6 Å². The molecule has 6 nitrogen and oxygen atoms in total. The van der Waals surface area contributed by atoms with E-state index in [-0.39, 0.29) is 34.6 Å². The van der Waals surface area contributed by atoms with Gasteiger partial charge in [0.1, 0.15) is 0 Å². The maximum absolute atomic E-state index is 14.4. The van der Waals surface area contributed by atoms with Crippen LogP contribution in [0.15, 0.2) is 120 Å². The molecule has 3 aliphatic rings. The summed E-state index contributed by atoms with van der Waals surface area (Å²) in [5.41, 5.74) is 4.82. The smallest absolute Gasteiger partial charge is 0.261 e. The minimum atomic E-state index is -2.90. The van der Waals surface area contributed by atoms with Crippen molar-refractivity contribution in [1.29, 1.82) is 0 Å². The van der Waals surface area contributed by atoms with E-state index < -0.39 is 26.0 Å². The van der Waals surface area contributed by atoms with E-state index in [1.807, 2.05) is 48.5 Å². The average Bonchev–Trinajstić information content (AvgIpc) is 3.67. The highest BCUT2D eigenvalue weighted by Gasteiger charge is 2.57. The Morgan fingerprint density at radius 3 is 2.12 bits per heavy atom. The van der Waals surface area contributed by atoms with Gasteiger partial charge in [-0.05, 0) is 74.7 Å². The van der Waals surface area contributed by atoms with Crippen molar-refractivity contribution in [3.8, 4) is 5.75 Å². The number of nitrogens with zero attached hydrogens (tertiary/aromatic N) is 1. The van der Waals surface area contributed by atoms with Gasteiger partial charge in [-0.2, -0.15) is 0 Å². The van der Waals surface area contributed by atoms with E-state index in [0.29, 0.717) is 38.0 Å². The number of allylic oxidation sites excluding steroid dienone is 1. The van der Waals surface area contributed by atoms with Gasteiger partial charge in [-0.15, -0.1) is 0 Å². The molecule has 2 saturated heterocycles. The van der Waals surface area contributed by atoms with Crippen LogP contribution >= 0.6 is 0 Å². The third-order valence-corrected chi connectivity index (χ3v) is 16.2. The summed E-state index contributed by atoms with van der Waals surface area (Å²) in [4.78, 5) is 28.4. The molecule has 4 aromatic rings. The SMILES string of the molecule is CN1C(=O)[C@@H]2[C@@H](CC(CO[Si](c3ccccc3)(c3ccccc3)C(C)(C)C)=C3[C@@H](CC/C(=C/c4ccc(O)c(F)c4)c4ccccc4)OC[C@@H]32)C1=O. The zero-order chi connectivity index (χ0) is 36.6. The van der Waals surface area contributed by atoms with E-state index in [1.54, 1.807) is 13.1 Å². The Labute approximate surface area is 306 Å². The van der Waals surface area contributed by atoms with Crippen molar-refractivity contribution >= 4 is 42.2 Å². The second kappa shape index (κ2) is 14.4. The molecule has 2 heterocycles. The van der Waals surface area contributed by atoms with E-state index in [4.69, 9.17) is 9.16 Å². The number of imide groups is 1. The summed E-state index contributed by atoms with van der Waals surface area (Å²) in [5, 5.41) is 11.9. The predicted octanol–water partition coefficient (Wildman–Crippen LogP) is 7.38. The highest BCUT2D eigenvalue weighted by Crippen LogP contribution is 2.50. The van der Waals surface area contributed by atoms with Crippen LogP contribution in [-0.4, -0.2) is 56.5 Å². The zero-order valence-corrected chi connectivity index (χ0v) is 31.2. The fourth-order valence-electron chi connectivity index (χ4n) is 8.77. The number of rotatable bonds is 10. The number of hydrogen-bond donors (Lipinski definition) is 1. The fourth-order valence-corrected chi connectivity index (χ4v) is 13.3. The average molecular weight is 716 g/mol. The van der Waals surface area contributed by atoms with Crippen LogP contribution in [-0.2, 0) is 18.8 Å². The molecule has 0 bridgehead atoms. The molecule has 0 unspecified atom stereocenters. The molecule has 52 heavy (non-hydrogen) atoms. The summed E-state index contributed by atoms with van der Waals surface area (Å²) >= 11 is 0. The van der Waals surface area contributed by atoms with Gasteiger partial charge in [0.25, 0.3) is 8.32 Å². The van der Waals surface area contributed by atoms with E-state index in [0.717, 1.165) is 22.3 Å². The number of aromatic hydroxyl groups is 1. The summed E-state index contributed by atoms with van der Waals surface area (Å²) in [5.74, 6) is -2.41. The van der Waals surface area contributed by atoms with E-state index in [2.05, 4.69) is 69.3 Å². The summed E-state index contributed by atoms with van der Waals surface area (Å²) in [6.07, 6.45) is 3.39. The summed E-state index contributed by atoms with van der Waals surface area (Å²) in [6, 6.07) is 35.4. The number of fused-ring (bicyclic) bond motifs is 3. The Morgan fingerprint density at radius 1 is 0.904 bits per heavy atom. The molecule has 0 aromatic heterocycles. The van der Waals surface area contributed by atoms with Crippen molar-refractivity contribution < 1.29 is 28.2 Å².